The Morgan fingerprint density at radius 1 is 1.88 bits per heavy atom. The van der Waals surface area contributed by atoms with E-state index in [2.05, 4.69) is 11.3 Å². The molecule has 0 bridgehead atoms. The summed E-state index contributed by atoms with van der Waals surface area (Å²) in [6.07, 6.45) is 0. The van der Waals surface area contributed by atoms with Crippen LogP contribution in [0.25, 0.3) is 0 Å². The van der Waals surface area contributed by atoms with E-state index in [0.29, 0.717) is 0 Å². The molecule has 3 nitrogen and oxygen atoms in total. The molecule has 0 atom stereocenters. The molecule has 0 aromatic heterocycles. The average Bonchev–Trinajstić information content (AvgIpc) is 1.67. The van der Waals surface area contributed by atoms with Crippen LogP contribution < -0.4 is 5.11 Å². The van der Waals surface area contributed by atoms with E-state index in [1.165, 1.54) is 0 Å². The standard InChI is InChI=1S/C5H8O3/c1-3-8-5(7)4(2)6/h6H,2-3H2,1H3/p-1. The van der Waals surface area contributed by atoms with Crippen molar-refractivity contribution in [1.82, 2.24) is 0 Å². The molecule has 0 N–H and O–H groups in total. The average molecular weight is 115 g/mol. The van der Waals surface area contributed by atoms with Crippen LogP contribution in [-0.2, 0) is 9.53 Å². The van der Waals surface area contributed by atoms with E-state index in [0.717, 1.165) is 0 Å². The van der Waals surface area contributed by atoms with Crippen molar-refractivity contribution < 1.29 is 14.6 Å². The zero-order chi connectivity index (χ0) is 6.57. The Bertz CT molecular complexity index is 106. The van der Waals surface area contributed by atoms with Gasteiger partial charge in [0.15, 0.2) is 0 Å². The van der Waals surface area contributed by atoms with Crippen molar-refractivity contribution in [1.29, 1.82) is 0 Å². The van der Waals surface area contributed by atoms with Gasteiger partial charge in [0.2, 0.25) is 0 Å². The molecule has 0 rings (SSSR count). The maximum atomic E-state index is 10.1. The van der Waals surface area contributed by atoms with Crippen LogP contribution in [-0.4, -0.2) is 12.6 Å². The van der Waals surface area contributed by atoms with Crippen molar-refractivity contribution in [3.05, 3.63) is 12.3 Å². The Balaban J connectivity index is 3.49. The topological polar surface area (TPSA) is 49.4 Å². The predicted octanol–water partition coefficient (Wildman–Crippen LogP) is -0.577. The van der Waals surface area contributed by atoms with Gasteiger partial charge in [0.1, 0.15) is 0 Å². The van der Waals surface area contributed by atoms with E-state index in [1.54, 1.807) is 6.92 Å². The van der Waals surface area contributed by atoms with Crippen LogP contribution in [0.2, 0.25) is 0 Å². The van der Waals surface area contributed by atoms with Crippen molar-refractivity contribution >= 4 is 5.97 Å². The molecule has 0 aromatic carbocycles. The second kappa shape index (κ2) is 3.07. The fraction of sp³-hybridized carbons (Fsp3) is 0.400. The molecule has 8 heavy (non-hydrogen) atoms. The van der Waals surface area contributed by atoms with Crippen LogP contribution in [0, 0.1) is 0 Å². The lowest BCUT2D eigenvalue weighted by atomic mass is 10.6. The molecule has 3 heteroatoms. The molecule has 0 radical (unpaired) electrons. The monoisotopic (exact) mass is 115 g/mol. The van der Waals surface area contributed by atoms with Crippen LogP contribution in [0.5, 0.6) is 0 Å². The molecule has 0 aliphatic rings. The molecule has 0 saturated heterocycles. The third-order valence-corrected chi connectivity index (χ3v) is 0.503. The van der Waals surface area contributed by atoms with E-state index in [-0.39, 0.29) is 6.61 Å². The molecule has 0 aliphatic heterocycles. The summed E-state index contributed by atoms with van der Waals surface area (Å²) in [4.78, 5) is 10.1. The molecule has 46 valence electrons. The molecule has 0 saturated carbocycles. The molecular weight excluding hydrogens is 108 g/mol. The van der Waals surface area contributed by atoms with Crippen molar-refractivity contribution in [3.63, 3.8) is 0 Å². The highest BCUT2D eigenvalue weighted by Gasteiger charge is 1.92. The summed E-state index contributed by atoms with van der Waals surface area (Å²) in [5, 5.41) is 9.95. The quantitative estimate of drug-likeness (QED) is 0.275. The second-order valence-electron chi connectivity index (χ2n) is 1.14. The fourth-order valence-electron chi connectivity index (χ4n) is 0.212. The molecule has 0 amide bonds. The minimum Gasteiger partial charge on any atom is -0.868 e. The summed E-state index contributed by atoms with van der Waals surface area (Å²) in [5.74, 6) is -1.67. The molecule has 0 spiro atoms. The molecule has 0 aromatic rings. The summed E-state index contributed by atoms with van der Waals surface area (Å²) in [7, 11) is 0. The van der Waals surface area contributed by atoms with E-state index < -0.39 is 11.7 Å². The smallest absolute Gasteiger partial charge is 0.322 e. The number of esters is 1. The Labute approximate surface area is 47.6 Å². The Kier molecular flexibility index (Phi) is 2.69. The lowest BCUT2D eigenvalue weighted by Gasteiger charge is -2.05. The Morgan fingerprint density at radius 3 is 2.50 bits per heavy atom. The van der Waals surface area contributed by atoms with Crippen molar-refractivity contribution in [3.8, 4) is 0 Å². The van der Waals surface area contributed by atoms with Gasteiger partial charge in [0.05, 0.1) is 6.61 Å². The Morgan fingerprint density at radius 2 is 2.38 bits per heavy atom. The minimum atomic E-state index is -0.868. The molecular formula is C5H7O3-. The van der Waals surface area contributed by atoms with Crippen molar-refractivity contribution in [2.45, 2.75) is 6.92 Å². The minimum absolute atomic E-state index is 0.222. The number of carbonyl (C=O) groups excluding carboxylic acids is 1. The first-order chi connectivity index (χ1) is 3.68. The van der Waals surface area contributed by atoms with Crippen LogP contribution in [0.3, 0.4) is 0 Å². The van der Waals surface area contributed by atoms with E-state index in [4.69, 9.17) is 0 Å². The van der Waals surface area contributed by atoms with Gasteiger partial charge in [-0.1, -0.05) is 6.58 Å². The molecule has 0 aliphatic carbocycles. The zero-order valence-corrected chi connectivity index (χ0v) is 4.64. The number of ether oxygens (including phenoxy) is 1. The van der Waals surface area contributed by atoms with Gasteiger partial charge in [-0.15, -0.1) is 0 Å². The summed E-state index contributed by atoms with van der Waals surface area (Å²) in [6.45, 7) is 4.69. The summed E-state index contributed by atoms with van der Waals surface area (Å²) in [5.41, 5.74) is 0. The Hall–Kier alpha value is -0.990. The molecule has 0 heterocycles. The maximum absolute atomic E-state index is 10.1. The lowest BCUT2D eigenvalue weighted by Crippen LogP contribution is -2.16. The zero-order valence-electron chi connectivity index (χ0n) is 4.64. The highest BCUT2D eigenvalue weighted by Crippen LogP contribution is 1.81. The van der Waals surface area contributed by atoms with Gasteiger partial charge < -0.3 is 9.84 Å². The van der Waals surface area contributed by atoms with Gasteiger partial charge in [0.25, 0.3) is 0 Å². The molecule has 0 fully saturated rings. The lowest BCUT2D eigenvalue weighted by molar-refractivity contribution is -0.302. The maximum Gasteiger partial charge on any atom is 0.322 e. The van der Waals surface area contributed by atoms with E-state index in [9.17, 15) is 9.90 Å². The first-order valence-electron chi connectivity index (χ1n) is 2.21. The van der Waals surface area contributed by atoms with E-state index >= 15 is 0 Å². The number of carbonyl (C=O) groups is 1. The summed E-state index contributed by atoms with van der Waals surface area (Å²) < 4.78 is 4.25. The van der Waals surface area contributed by atoms with Gasteiger partial charge in [-0.3, -0.25) is 0 Å². The summed E-state index contributed by atoms with van der Waals surface area (Å²) >= 11 is 0. The van der Waals surface area contributed by atoms with Gasteiger partial charge in [-0.05, 0) is 12.7 Å². The van der Waals surface area contributed by atoms with Gasteiger partial charge in [-0.25, -0.2) is 4.79 Å². The van der Waals surface area contributed by atoms with Crippen molar-refractivity contribution in [2.24, 2.45) is 0 Å². The SMILES string of the molecule is C=C([O-])C(=O)OCC. The van der Waals surface area contributed by atoms with Crippen molar-refractivity contribution in [2.75, 3.05) is 6.61 Å². The van der Waals surface area contributed by atoms with Crippen LogP contribution in [0.4, 0.5) is 0 Å². The summed E-state index contributed by atoms with van der Waals surface area (Å²) in [6, 6.07) is 0. The first kappa shape index (κ1) is 7.01. The third-order valence-electron chi connectivity index (χ3n) is 0.503. The van der Waals surface area contributed by atoms with Gasteiger partial charge >= 0.3 is 5.97 Å². The highest BCUT2D eigenvalue weighted by atomic mass is 16.5. The third kappa shape index (κ3) is 2.23. The van der Waals surface area contributed by atoms with Gasteiger partial charge in [-0.2, -0.15) is 0 Å². The van der Waals surface area contributed by atoms with Crippen LogP contribution >= 0.6 is 0 Å². The fourth-order valence-corrected chi connectivity index (χ4v) is 0.212. The van der Waals surface area contributed by atoms with Crippen LogP contribution in [0.15, 0.2) is 12.3 Å². The number of hydrogen-bond donors (Lipinski definition) is 0. The number of hydrogen-bond acceptors (Lipinski definition) is 3. The number of rotatable bonds is 2. The highest BCUT2D eigenvalue weighted by molar-refractivity contribution is 5.84. The largest absolute Gasteiger partial charge is 0.868 e. The second-order valence-corrected chi connectivity index (χ2v) is 1.14. The van der Waals surface area contributed by atoms with Crippen LogP contribution in [0.1, 0.15) is 6.92 Å². The first-order valence-corrected chi connectivity index (χ1v) is 2.21. The normalized spacial score (nSPS) is 8.12. The van der Waals surface area contributed by atoms with Gasteiger partial charge in [0, 0.05) is 0 Å². The molecule has 0 unspecified atom stereocenters. The predicted molar refractivity (Wildman–Crippen MR) is 25.8 cm³/mol. The van der Waals surface area contributed by atoms with E-state index in [1.807, 2.05) is 0 Å².